The molecule has 0 aliphatic carbocycles. The van der Waals surface area contributed by atoms with E-state index in [1.807, 2.05) is 11.8 Å². The zero-order chi connectivity index (χ0) is 17.5. The van der Waals surface area contributed by atoms with E-state index in [0.717, 1.165) is 18.6 Å². The SMILES string of the molecule is CCCC(=O)N(C=O)OC(=O)CCCCC1SCC2NC(=O)NC21. The predicted molar refractivity (Wildman–Crippen MR) is 87.9 cm³/mol. The number of hydroxylamine groups is 2. The molecule has 2 saturated heterocycles. The van der Waals surface area contributed by atoms with E-state index in [2.05, 4.69) is 10.6 Å². The number of imide groups is 1. The maximum atomic E-state index is 11.7. The lowest BCUT2D eigenvalue weighted by Gasteiger charge is -2.16. The lowest BCUT2D eigenvalue weighted by atomic mass is 10.0. The van der Waals surface area contributed by atoms with E-state index in [1.54, 1.807) is 6.92 Å². The lowest BCUT2D eigenvalue weighted by molar-refractivity contribution is -0.196. The van der Waals surface area contributed by atoms with Gasteiger partial charge in [0.15, 0.2) is 0 Å². The molecule has 0 aromatic carbocycles. The largest absolute Gasteiger partial charge is 0.333 e. The van der Waals surface area contributed by atoms with E-state index in [9.17, 15) is 19.2 Å². The Bertz CT molecular complexity index is 502. The van der Waals surface area contributed by atoms with Crippen molar-refractivity contribution < 1.29 is 24.0 Å². The number of urea groups is 1. The van der Waals surface area contributed by atoms with Gasteiger partial charge in [0.2, 0.25) is 0 Å². The number of amides is 4. The number of fused-ring (bicyclic) bond motifs is 1. The molecule has 8 nitrogen and oxygen atoms in total. The molecule has 24 heavy (non-hydrogen) atoms. The van der Waals surface area contributed by atoms with Gasteiger partial charge in [-0.3, -0.25) is 9.59 Å². The van der Waals surface area contributed by atoms with Gasteiger partial charge in [-0.15, -0.1) is 5.06 Å². The number of carbonyl (C=O) groups is 4. The molecule has 2 fully saturated rings. The average molecular weight is 357 g/mol. The Morgan fingerprint density at radius 2 is 2.12 bits per heavy atom. The first-order valence-corrected chi connectivity index (χ1v) is 9.26. The Labute approximate surface area is 145 Å². The second-order valence-electron chi connectivity index (χ2n) is 5.91. The van der Waals surface area contributed by atoms with Crippen molar-refractivity contribution in [2.45, 2.75) is 62.8 Å². The summed E-state index contributed by atoms with van der Waals surface area (Å²) in [4.78, 5) is 50.1. The van der Waals surface area contributed by atoms with Crippen molar-refractivity contribution >= 4 is 36.1 Å². The molecule has 3 unspecified atom stereocenters. The first kappa shape index (κ1) is 18.6. The van der Waals surface area contributed by atoms with E-state index in [-0.39, 0.29) is 37.4 Å². The summed E-state index contributed by atoms with van der Waals surface area (Å²) in [6.45, 7) is 1.80. The number of hydrogen-bond donors (Lipinski definition) is 2. The first-order valence-electron chi connectivity index (χ1n) is 8.22. The van der Waals surface area contributed by atoms with Crippen molar-refractivity contribution in [2.24, 2.45) is 0 Å². The van der Waals surface area contributed by atoms with Crippen LogP contribution in [0.3, 0.4) is 0 Å². The number of nitrogens with zero attached hydrogens (tertiary/aromatic N) is 1. The van der Waals surface area contributed by atoms with Gasteiger partial charge in [-0.05, 0) is 19.3 Å². The van der Waals surface area contributed by atoms with Gasteiger partial charge in [-0.2, -0.15) is 11.8 Å². The van der Waals surface area contributed by atoms with Crippen LogP contribution < -0.4 is 10.6 Å². The third-order valence-corrected chi connectivity index (χ3v) is 5.57. The molecule has 0 aromatic heterocycles. The normalized spacial score (nSPS) is 24.7. The number of carbonyl (C=O) groups excluding carboxylic acids is 4. The van der Waals surface area contributed by atoms with Crippen LogP contribution in [0.15, 0.2) is 0 Å². The molecule has 2 N–H and O–H groups in total. The van der Waals surface area contributed by atoms with Crippen LogP contribution in [0, 0.1) is 0 Å². The molecule has 134 valence electrons. The van der Waals surface area contributed by atoms with E-state index < -0.39 is 11.9 Å². The Balaban J connectivity index is 1.63. The summed E-state index contributed by atoms with van der Waals surface area (Å²) in [7, 11) is 0. The van der Waals surface area contributed by atoms with Gasteiger partial charge >= 0.3 is 12.0 Å². The molecule has 0 spiro atoms. The fraction of sp³-hybridized carbons (Fsp3) is 0.733. The van der Waals surface area contributed by atoms with Crippen LogP contribution in [0.4, 0.5) is 4.79 Å². The molecule has 4 amide bonds. The molecular formula is C15H23N3O5S. The summed E-state index contributed by atoms with van der Waals surface area (Å²) in [5.74, 6) is -0.192. The van der Waals surface area contributed by atoms with Crippen molar-refractivity contribution in [1.29, 1.82) is 0 Å². The maximum Gasteiger partial charge on any atom is 0.333 e. The minimum absolute atomic E-state index is 0.107. The Morgan fingerprint density at radius 3 is 2.83 bits per heavy atom. The zero-order valence-electron chi connectivity index (χ0n) is 13.7. The molecule has 9 heteroatoms. The van der Waals surface area contributed by atoms with Gasteiger partial charge < -0.3 is 15.5 Å². The molecule has 3 atom stereocenters. The minimum atomic E-state index is -0.584. The highest BCUT2D eigenvalue weighted by atomic mass is 32.2. The van der Waals surface area contributed by atoms with E-state index >= 15 is 0 Å². The van der Waals surface area contributed by atoms with Crippen LogP contribution in [0.1, 0.15) is 45.4 Å². The molecule has 0 radical (unpaired) electrons. The van der Waals surface area contributed by atoms with Gasteiger partial charge in [0, 0.05) is 23.8 Å². The number of hydrogen-bond acceptors (Lipinski definition) is 6. The van der Waals surface area contributed by atoms with E-state index in [1.165, 1.54) is 0 Å². The van der Waals surface area contributed by atoms with Crippen molar-refractivity contribution in [3.63, 3.8) is 0 Å². The second-order valence-corrected chi connectivity index (χ2v) is 7.18. The summed E-state index contributed by atoms with van der Waals surface area (Å²) >= 11 is 1.83. The van der Waals surface area contributed by atoms with Crippen LogP contribution in [-0.4, -0.2) is 52.5 Å². The van der Waals surface area contributed by atoms with Gasteiger partial charge in [-0.1, -0.05) is 13.3 Å². The number of nitrogens with one attached hydrogen (secondary N) is 2. The maximum absolute atomic E-state index is 11.7. The van der Waals surface area contributed by atoms with Crippen LogP contribution in [0.25, 0.3) is 0 Å². The fourth-order valence-corrected chi connectivity index (χ4v) is 4.41. The fourth-order valence-electron chi connectivity index (χ4n) is 2.87. The van der Waals surface area contributed by atoms with Crippen molar-refractivity contribution in [3.05, 3.63) is 0 Å². The quantitative estimate of drug-likeness (QED) is 0.290. The van der Waals surface area contributed by atoms with Crippen LogP contribution >= 0.6 is 11.8 Å². The predicted octanol–water partition coefficient (Wildman–Crippen LogP) is 0.956. The molecule has 0 aromatic rings. The van der Waals surface area contributed by atoms with Gasteiger partial charge in [0.1, 0.15) is 0 Å². The Kier molecular flexibility index (Phi) is 6.89. The molecule has 2 rings (SSSR count). The highest BCUT2D eigenvalue weighted by molar-refractivity contribution is 8.00. The molecule has 2 heterocycles. The minimum Gasteiger partial charge on any atom is -0.332 e. The monoisotopic (exact) mass is 357 g/mol. The molecule has 0 bridgehead atoms. The van der Waals surface area contributed by atoms with Crippen molar-refractivity contribution in [3.8, 4) is 0 Å². The zero-order valence-corrected chi connectivity index (χ0v) is 14.5. The Hall–Kier alpha value is -1.77. The lowest BCUT2D eigenvalue weighted by Crippen LogP contribution is -2.36. The third kappa shape index (κ3) is 4.86. The average Bonchev–Trinajstić information content (AvgIpc) is 3.09. The highest BCUT2D eigenvalue weighted by Gasteiger charge is 2.42. The van der Waals surface area contributed by atoms with Gasteiger partial charge in [0.25, 0.3) is 12.3 Å². The Morgan fingerprint density at radius 1 is 1.33 bits per heavy atom. The van der Waals surface area contributed by atoms with Crippen molar-refractivity contribution in [1.82, 2.24) is 15.7 Å². The summed E-state index contributed by atoms with van der Waals surface area (Å²) in [6.07, 6.45) is 3.44. The molecular weight excluding hydrogens is 334 g/mol. The van der Waals surface area contributed by atoms with Gasteiger partial charge in [-0.25, -0.2) is 9.59 Å². The highest BCUT2D eigenvalue weighted by Crippen LogP contribution is 2.33. The van der Waals surface area contributed by atoms with Crippen LogP contribution in [-0.2, 0) is 19.2 Å². The number of thioether (sulfide) groups is 1. The van der Waals surface area contributed by atoms with Crippen molar-refractivity contribution in [2.75, 3.05) is 5.75 Å². The standard InChI is InChI=1S/C15H23N3O5S/c1-2-5-12(20)18(9-19)23-13(21)7-4-3-6-11-14-10(8-24-11)16-15(22)17-14/h9-11,14H,2-8H2,1H3,(H2,16,17,22). The van der Waals surface area contributed by atoms with Crippen LogP contribution in [0.2, 0.25) is 0 Å². The number of rotatable bonds is 8. The first-order chi connectivity index (χ1) is 11.5. The number of unbranched alkanes of at least 4 members (excludes halogenated alkanes) is 1. The summed E-state index contributed by atoms with van der Waals surface area (Å²) in [6, 6.07) is 0.249. The molecule has 2 aliphatic heterocycles. The second kappa shape index (κ2) is 8.91. The summed E-state index contributed by atoms with van der Waals surface area (Å²) in [5, 5.41) is 6.64. The molecule has 0 saturated carbocycles. The van der Waals surface area contributed by atoms with E-state index in [4.69, 9.17) is 4.84 Å². The molecule has 2 aliphatic rings. The topological polar surface area (TPSA) is 105 Å². The van der Waals surface area contributed by atoms with Crippen LogP contribution in [0.5, 0.6) is 0 Å². The summed E-state index contributed by atoms with van der Waals surface area (Å²) < 4.78 is 0. The summed E-state index contributed by atoms with van der Waals surface area (Å²) in [5.41, 5.74) is 0. The van der Waals surface area contributed by atoms with Gasteiger partial charge in [0.05, 0.1) is 12.1 Å². The third-order valence-electron chi connectivity index (χ3n) is 4.06. The van der Waals surface area contributed by atoms with E-state index in [0.29, 0.717) is 23.2 Å². The smallest absolute Gasteiger partial charge is 0.332 e.